The predicted octanol–water partition coefficient (Wildman–Crippen LogP) is 6.35. The molecule has 0 saturated carbocycles. The van der Waals surface area contributed by atoms with Gasteiger partial charge in [-0.15, -0.1) is 0 Å². The summed E-state index contributed by atoms with van der Waals surface area (Å²) in [5, 5.41) is 2.50. The molecule has 214 valence electrons. The molecule has 3 aromatic rings. The zero-order chi connectivity index (χ0) is 29.8. The highest BCUT2D eigenvalue weighted by molar-refractivity contribution is 6.31. The van der Waals surface area contributed by atoms with Gasteiger partial charge in [-0.1, -0.05) is 39.3 Å². The maximum atomic E-state index is 13.6. The number of ketones is 1. The number of nitrogens with one attached hydrogen (secondary N) is 1. The second-order valence-corrected chi connectivity index (χ2v) is 8.42. The zero-order valence-corrected chi connectivity index (χ0v) is 24.4. The van der Waals surface area contributed by atoms with Crippen LogP contribution in [0.1, 0.15) is 61.4 Å². The van der Waals surface area contributed by atoms with E-state index in [9.17, 15) is 18.8 Å². The molecule has 0 radical (unpaired) electrons. The number of hydrogen-bond donors (Lipinski definition) is 1. The summed E-state index contributed by atoms with van der Waals surface area (Å²) in [4.78, 5) is 43.6. The highest BCUT2D eigenvalue weighted by atomic mass is 35.5. The molecule has 1 aromatic heterocycles. The van der Waals surface area contributed by atoms with Crippen LogP contribution >= 0.6 is 11.6 Å². The first-order valence-electron chi connectivity index (χ1n) is 13.1. The van der Waals surface area contributed by atoms with Gasteiger partial charge in [0.25, 0.3) is 5.91 Å². The van der Waals surface area contributed by atoms with E-state index in [1.807, 2.05) is 27.7 Å². The first-order valence-corrected chi connectivity index (χ1v) is 13.5. The summed E-state index contributed by atoms with van der Waals surface area (Å²) in [7, 11) is 2.92. The van der Waals surface area contributed by atoms with Crippen LogP contribution < -0.4 is 19.7 Å². The number of benzene rings is 2. The third-order valence-electron chi connectivity index (χ3n) is 5.77. The summed E-state index contributed by atoms with van der Waals surface area (Å²) < 4.78 is 24.3. The van der Waals surface area contributed by atoms with Gasteiger partial charge in [0, 0.05) is 24.1 Å². The molecule has 0 atom stereocenters. The molecule has 1 aliphatic rings. The molecule has 0 spiro atoms. The highest BCUT2D eigenvalue weighted by Gasteiger charge is 2.25. The first-order chi connectivity index (χ1) is 19.3. The summed E-state index contributed by atoms with van der Waals surface area (Å²) in [6.45, 7) is 8.28. The van der Waals surface area contributed by atoms with Crippen molar-refractivity contribution in [2.75, 3.05) is 32.2 Å². The summed E-state index contributed by atoms with van der Waals surface area (Å²) in [5.74, 6) is -0.728. The Labute approximate surface area is 239 Å². The van der Waals surface area contributed by atoms with Crippen LogP contribution in [0.4, 0.5) is 10.1 Å². The van der Waals surface area contributed by atoms with Gasteiger partial charge in [-0.25, -0.2) is 9.37 Å². The Balaban J connectivity index is 0.00000134. The fraction of sp³-hybridized carbons (Fsp3) is 0.333. The number of rotatable bonds is 8. The number of aromatic nitrogens is 1. The van der Waals surface area contributed by atoms with E-state index < -0.39 is 17.5 Å². The molecule has 2 amide bonds. The monoisotopic (exact) mass is 571 g/mol. The van der Waals surface area contributed by atoms with Crippen LogP contribution in [0, 0.1) is 5.82 Å². The maximum absolute atomic E-state index is 13.6. The fourth-order valence-electron chi connectivity index (χ4n) is 3.91. The fourth-order valence-corrected chi connectivity index (χ4v) is 4.10. The van der Waals surface area contributed by atoms with Crippen LogP contribution in [-0.4, -0.2) is 49.9 Å². The van der Waals surface area contributed by atoms with Gasteiger partial charge in [-0.05, 0) is 55.0 Å². The van der Waals surface area contributed by atoms with E-state index >= 15 is 0 Å². The molecular weight excluding hydrogens is 537 g/mol. The van der Waals surface area contributed by atoms with E-state index in [-0.39, 0.29) is 28.7 Å². The molecular formula is C30H35ClFN3O5. The second-order valence-electron chi connectivity index (χ2n) is 8.02. The van der Waals surface area contributed by atoms with E-state index in [2.05, 4.69) is 10.3 Å². The second kappa shape index (κ2) is 15.6. The number of hydrogen-bond acceptors (Lipinski definition) is 6. The average molecular weight is 572 g/mol. The minimum absolute atomic E-state index is 0.00497. The number of nitrogens with zero attached hydrogens (tertiary/aromatic N) is 2. The Bertz CT molecular complexity index is 1350. The molecule has 1 N–H and O–H groups in total. The van der Waals surface area contributed by atoms with Gasteiger partial charge in [0.05, 0.1) is 31.5 Å². The lowest BCUT2D eigenvalue weighted by molar-refractivity contribution is -0.117. The van der Waals surface area contributed by atoms with Gasteiger partial charge >= 0.3 is 0 Å². The Hall–Kier alpha value is -3.98. The maximum Gasteiger partial charge on any atom is 0.251 e. The lowest BCUT2D eigenvalue weighted by atomic mass is 10.1. The van der Waals surface area contributed by atoms with Gasteiger partial charge in [0.1, 0.15) is 28.7 Å². The number of ether oxygens (including phenoxy) is 2. The van der Waals surface area contributed by atoms with Crippen LogP contribution in [0.3, 0.4) is 0 Å². The molecule has 0 aliphatic carbocycles. The van der Waals surface area contributed by atoms with E-state index in [1.165, 1.54) is 44.6 Å². The number of Topliss-reactive ketones (excluding diaryl/α,β-unsaturated/α-hetero) is 1. The Kier molecular flexibility index (Phi) is 12.5. The lowest BCUT2D eigenvalue weighted by Crippen LogP contribution is -2.30. The minimum atomic E-state index is -0.578. The number of methoxy groups -OCH3 is 2. The van der Waals surface area contributed by atoms with Crippen molar-refractivity contribution in [3.63, 3.8) is 0 Å². The van der Waals surface area contributed by atoms with Crippen molar-refractivity contribution >= 4 is 34.9 Å². The average Bonchev–Trinajstić information content (AvgIpc) is 3.43. The quantitative estimate of drug-likeness (QED) is 0.316. The standard InChI is InChI=1S/C26H23ClFN3O5.2C2H6/c1-35-22-10-8-19(30-25(22)15-5-7-18(28)17(27)12-15)21(32)14-29-26(34)16-6-9-20(23(13-16)36-2)31-11-3-4-24(31)33;2*1-2/h5-10,12-13H,3-4,11,14H2,1-2H3,(H,29,34);2*1-2H3. The molecule has 0 bridgehead atoms. The van der Waals surface area contributed by atoms with Gasteiger partial charge < -0.3 is 19.7 Å². The number of anilines is 1. The van der Waals surface area contributed by atoms with Gasteiger partial charge in [-0.2, -0.15) is 0 Å². The van der Waals surface area contributed by atoms with Crippen molar-refractivity contribution in [1.82, 2.24) is 10.3 Å². The first kappa shape index (κ1) is 32.2. The summed E-state index contributed by atoms with van der Waals surface area (Å²) in [6, 6.07) is 11.9. The Morgan fingerprint density at radius 3 is 2.30 bits per heavy atom. The van der Waals surface area contributed by atoms with Crippen molar-refractivity contribution in [3.8, 4) is 22.8 Å². The van der Waals surface area contributed by atoms with Gasteiger partial charge in [-0.3, -0.25) is 14.4 Å². The summed E-state index contributed by atoms with van der Waals surface area (Å²) >= 11 is 5.89. The summed E-state index contributed by atoms with van der Waals surface area (Å²) in [5.41, 5.74) is 1.75. The van der Waals surface area contributed by atoms with Crippen molar-refractivity contribution in [1.29, 1.82) is 0 Å². The molecule has 1 saturated heterocycles. The van der Waals surface area contributed by atoms with E-state index in [0.717, 1.165) is 6.42 Å². The summed E-state index contributed by atoms with van der Waals surface area (Å²) in [6.07, 6.45) is 1.24. The van der Waals surface area contributed by atoms with Crippen LogP contribution in [0.5, 0.6) is 11.5 Å². The lowest BCUT2D eigenvalue weighted by Gasteiger charge is -2.19. The van der Waals surface area contributed by atoms with Crippen molar-refractivity contribution in [2.45, 2.75) is 40.5 Å². The highest BCUT2D eigenvalue weighted by Crippen LogP contribution is 2.33. The van der Waals surface area contributed by atoms with Crippen molar-refractivity contribution in [3.05, 3.63) is 70.6 Å². The third-order valence-corrected chi connectivity index (χ3v) is 6.06. The normalized spacial score (nSPS) is 12.0. The molecule has 1 fully saturated rings. The SMILES string of the molecule is CC.CC.COc1cc(C(=O)NCC(=O)c2ccc(OC)c(-c3ccc(F)c(Cl)c3)n2)ccc1N1CCCC1=O. The molecule has 0 unspecified atom stereocenters. The van der Waals surface area contributed by atoms with Crippen LogP contribution in [0.15, 0.2) is 48.5 Å². The third kappa shape index (κ3) is 7.57. The van der Waals surface area contributed by atoms with Crippen molar-refractivity contribution in [2.24, 2.45) is 0 Å². The predicted molar refractivity (Wildman–Crippen MR) is 155 cm³/mol. The Morgan fingerprint density at radius 2 is 1.70 bits per heavy atom. The van der Waals surface area contributed by atoms with E-state index in [1.54, 1.807) is 23.1 Å². The van der Waals surface area contributed by atoms with Crippen LogP contribution in [-0.2, 0) is 4.79 Å². The minimum Gasteiger partial charge on any atom is -0.495 e. The number of halogens is 2. The molecule has 8 nitrogen and oxygen atoms in total. The van der Waals surface area contributed by atoms with Crippen molar-refractivity contribution < 1.29 is 28.2 Å². The number of pyridine rings is 1. The molecule has 40 heavy (non-hydrogen) atoms. The number of carbonyl (C=O) groups is 3. The smallest absolute Gasteiger partial charge is 0.251 e. The van der Waals surface area contributed by atoms with Crippen LogP contribution in [0.25, 0.3) is 11.3 Å². The van der Waals surface area contributed by atoms with Gasteiger partial charge in [0.15, 0.2) is 5.78 Å². The molecule has 2 aromatic carbocycles. The number of carbonyl (C=O) groups excluding carboxylic acids is 3. The molecule has 10 heteroatoms. The zero-order valence-electron chi connectivity index (χ0n) is 23.6. The van der Waals surface area contributed by atoms with Crippen LogP contribution in [0.2, 0.25) is 5.02 Å². The Morgan fingerprint density at radius 1 is 1.00 bits per heavy atom. The number of amides is 2. The largest absolute Gasteiger partial charge is 0.495 e. The van der Waals surface area contributed by atoms with E-state index in [0.29, 0.717) is 41.4 Å². The van der Waals surface area contributed by atoms with E-state index in [4.69, 9.17) is 21.1 Å². The topological polar surface area (TPSA) is 97.8 Å². The molecule has 2 heterocycles. The molecule has 1 aliphatic heterocycles. The molecule has 4 rings (SSSR count). The van der Waals surface area contributed by atoms with Gasteiger partial charge in [0.2, 0.25) is 5.91 Å².